The molecule has 1 unspecified atom stereocenters. The molecule has 2 heterocycles. The molecule has 0 aliphatic carbocycles. The number of carbonyl (C=O) groups excluding carboxylic acids is 1. The highest BCUT2D eigenvalue weighted by atomic mass is 32.1. The zero-order valence-corrected chi connectivity index (χ0v) is 10.3. The van der Waals surface area contributed by atoms with Crippen molar-refractivity contribution >= 4 is 17.2 Å². The Balaban J connectivity index is 1.86. The molecule has 2 N–H and O–H groups in total. The number of rotatable bonds is 3. The normalized spacial score (nSPS) is 22.7. The second-order valence-electron chi connectivity index (χ2n) is 4.29. The van der Waals surface area contributed by atoms with Gasteiger partial charge in [-0.25, -0.2) is 0 Å². The Labute approximate surface area is 100 Å². The predicted molar refractivity (Wildman–Crippen MR) is 66.5 cm³/mol. The summed E-state index contributed by atoms with van der Waals surface area (Å²) in [5.74, 6) is 0.337. The Hall–Kier alpha value is -0.870. The van der Waals surface area contributed by atoms with E-state index in [4.69, 9.17) is 0 Å². The second-order valence-corrected chi connectivity index (χ2v) is 5.27. The van der Waals surface area contributed by atoms with E-state index in [1.165, 1.54) is 4.88 Å². The standard InChI is InChI=1S/C12H18N2OS/c1-9(11-5-3-7-16-11)14-12(15)10-4-2-6-13-8-10/h3,5,7,9-10,13H,2,4,6,8H2,1H3,(H,14,15)/t9?,10-/m0/s1. The van der Waals surface area contributed by atoms with Crippen LogP contribution in [0.3, 0.4) is 0 Å². The van der Waals surface area contributed by atoms with Gasteiger partial charge in [-0.15, -0.1) is 11.3 Å². The number of amides is 1. The molecule has 0 saturated carbocycles. The van der Waals surface area contributed by atoms with Crippen LogP contribution in [0, 0.1) is 5.92 Å². The van der Waals surface area contributed by atoms with Gasteiger partial charge in [-0.05, 0) is 37.8 Å². The van der Waals surface area contributed by atoms with Crippen molar-refractivity contribution in [2.45, 2.75) is 25.8 Å². The SMILES string of the molecule is CC(NC(=O)[C@H]1CCCNC1)c1cccs1. The van der Waals surface area contributed by atoms with Crippen LogP contribution in [-0.4, -0.2) is 19.0 Å². The molecule has 16 heavy (non-hydrogen) atoms. The number of piperidine rings is 1. The van der Waals surface area contributed by atoms with Gasteiger partial charge in [0.1, 0.15) is 0 Å². The maximum absolute atomic E-state index is 12.0. The molecule has 2 rings (SSSR count). The van der Waals surface area contributed by atoms with E-state index < -0.39 is 0 Å². The minimum absolute atomic E-state index is 0.134. The molecule has 0 spiro atoms. The van der Waals surface area contributed by atoms with Crippen molar-refractivity contribution in [3.63, 3.8) is 0 Å². The molecule has 0 bridgehead atoms. The van der Waals surface area contributed by atoms with Gasteiger partial charge in [-0.2, -0.15) is 0 Å². The Morgan fingerprint density at radius 3 is 3.19 bits per heavy atom. The zero-order valence-electron chi connectivity index (χ0n) is 9.53. The summed E-state index contributed by atoms with van der Waals surface area (Å²) in [6.45, 7) is 3.91. The molecule has 88 valence electrons. The lowest BCUT2D eigenvalue weighted by atomic mass is 9.98. The number of hydrogen-bond acceptors (Lipinski definition) is 3. The molecule has 1 aromatic heterocycles. The molecule has 3 nitrogen and oxygen atoms in total. The van der Waals surface area contributed by atoms with Crippen LogP contribution in [0.25, 0.3) is 0 Å². The summed E-state index contributed by atoms with van der Waals surface area (Å²) in [6.07, 6.45) is 2.11. The fraction of sp³-hybridized carbons (Fsp3) is 0.583. The first-order valence-corrected chi connectivity index (χ1v) is 6.70. The van der Waals surface area contributed by atoms with Gasteiger partial charge in [0.25, 0.3) is 0 Å². The van der Waals surface area contributed by atoms with Crippen molar-refractivity contribution in [2.24, 2.45) is 5.92 Å². The predicted octanol–water partition coefficient (Wildman–Crippen LogP) is 1.92. The summed E-state index contributed by atoms with van der Waals surface area (Å²) < 4.78 is 0. The molecule has 1 aliphatic heterocycles. The summed E-state index contributed by atoms with van der Waals surface area (Å²) >= 11 is 1.69. The van der Waals surface area contributed by atoms with Gasteiger partial charge < -0.3 is 10.6 Å². The first-order chi connectivity index (χ1) is 7.77. The van der Waals surface area contributed by atoms with Gasteiger partial charge in [-0.1, -0.05) is 6.07 Å². The molecule has 2 atom stereocenters. The van der Waals surface area contributed by atoms with Crippen molar-refractivity contribution in [3.05, 3.63) is 22.4 Å². The summed E-state index contributed by atoms with van der Waals surface area (Å²) in [4.78, 5) is 13.2. The summed E-state index contributed by atoms with van der Waals surface area (Å²) in [6, 6.07) is 4.22. The number of nitrogens with one attached hydrogen (secondary N) is 2. The van der Waals surface area contributed by atoms with Gasteiger partial charge in [-0.3, -0.25) is 4.79 Å². The van der Waals surface area contributed by atoms with Gasteiger partial charge in [0.15, 0.2) is 0 Å². The minimum atomic E-state index is 0.134. The third-order valence-corrected chi connectivity index (χ3v) is 4.05. The van der Waals surface area contributed by atoms with Crippen LogP contribution in [0.15, 0.2) is 17.5 Å². The van der Waals surface area contributed by atoms with E-state index >= 15 is 0 Å². The Kier molecular flexibility index (Phi) is 3.96. The molecule has 1 saturated heterocycles. The Morgan fingerprint density at radius 1 is 1.69 bits per heavy atom. The molecular formula is C12H18N2OS. The fourth-order valence-corrected chi connectivity index (χ4v) is 2.75. The van der Waals surface area contributed by atoms with Gasteiger partial charge in [0, 0.05) is 11.4 Å². The van der Waals surface area contributed by atoms with E-state index in [2.05, 4.69) is 16.7 Å². The fourth-order valence-electron chi connectivity index (χ4n) is 2.02. The largest absolute Gasteiger partial charge is 0.348 e. The van der Waals surface area contributed by atoms with E-state index in [9.17, 15) is 4.79 Å². The highest BCUT2D eigenvalue weighted by Gasteiger charge is 2.22. The van der Waals surface area contributed by atoms with Crippen molar-refractivity contribution < 1.29 is 4.79 Å². The van der Waals surface area contributed by atoms with Crippen LogP contribution < -0.4 is 10.6 Å². The van der Waals surface area contributed by atoms with Gasteiger partial charge in [0.2, 0.25) is 5.91 Å². The van der Waals surface area contributed by atoms with E-state index in [-0.39, 0.29) is 17.9 Å². The quantitative estimate of drug-likeness (QED) is 0.845. The number of hydrogen-bond donors (Lipinski definition) is 2. The average Bonchev–Trinajstić information content (AvgIpc) is 2.83. The van der Waals surface area contributed by atoms with E-state index in [1.807, 2.05) is 18.4 Å². The minimum Gasteiger partial charge on any atom is -0.348 e. The monoisotopic (exact) mass is 238 g/mol. The van der Waals surface area contributed by atoms with Gasteiger partial charge >= 0.3 is 0 Å². The molecule has 4 heteroatoms. The van der Waals surface area contributed by atoms with E-state index in [0.29, 0.717) is 0 Å². The lowest BCUT2D eigenvalue weighted by Gasteiger charge is -2.23. The van der Waals surface area contributed by atoms with Gasteiger partial charge in [0.05, 0.1) is 12.0 Å². The number of thiophene rings is 1. The smallest absolute Gasteiger partial charge is 0.224 e. The topological polar surface area (TPSA) is 41.1 Å². The third kappa shape index (κ3) is 2.83. The molecular weight excluding hydrogens is 220 g/mol. The molecule has 1 amide bonds. The maximum Gasteiger partial charge on any atom is 0.224 e. The summed E-state index contributed by atoms with van der Waals surface area (Å²) in [7, 11) is 0. The van der Waals surface area contributed by atoms with Crippen molar-refractivity contribution in [1.82, 2.24) is 10.6 Å². The second kappa shape index (κ2) is 5.46. The molecule has 1 fully saturated rings. The first kappa shape index (κ1) is 11.6. The van der Waals surface area contributed by atoms with Crippen molar-refractivity contribution in [2.75, 3.05) is 13.1 Å². The van der Waals surface area contributed by atoms with Crippen LogP contribution in [0.1, 0.15) is 30.7 Å². The van der Waals surface area contributed by atoms with Crippen LogP contribution >= 0.6 is 11.3 Å². The molecule has 0 radical (unpaired) electrons. The third-order valence-electron chi connectivity index (χ3n) is 3.00. The van der Waals surface area contributed by atoms with Crippen LogP contribution in [0.5, 0.6) is 0 Å². The summed E-state index contributed by atoms with van der Waals surface area (Å²) in [5.41, 5.74) is 0. The Morgan fingerprint density at radius 2 is 2.56 bits per heavy atom. The lowest BCUT2D eigenvalue weighted by molar-refractivity contribution is -0.126. The maximum atomic E-state index is 12.0. The zero-order chi connectivity index (χ0) is 11.4. The molecule has 0 aromatic carbocycles. The molecule has 1 aliphatic rings. The van der Waals surface area contributed by atoms with E-state index in [0.717, 1.165) is 25.9 Å². The van der Waals surface area contributed by atoms with Crippen LogP contribution in [0.4, 0.5) is 0 Å². The van der Waals surface area contributed by atoms with Crippen LogP contribution in [-0.2, 0) is 4.79 Å². The van der Waals surface area contributed by atoms with Crippen LogP contribution in [0.2, 0.25) is 0 Å². The highest BCUT2D eigenvalue weighted by molar-refractivity contribution is 7.10. The average molecular weight is 238 g/mol. The number of carbonyl (C=O) groups is 1. The van der Waals surface area contributed by atoms with Crippen molar-refractivity contribution in [3.8, 4) is 0 Å². The van der Waals surface area contributed by atoms with E-state index in [1.54, 1.807) is 11.3 Å². The first-order valence-electron chi connectivity index (χ1n) is 5.82. The Bertz CT molecular complexity index is 331. The summed E-state index contributed by atoms with van der Waals surface area (Å²) in [5, 5.41) is 8.39. The van der Waals surface area contributed by atoms with Crippen molar-refractivity contribution in [1.29, 1.82) is 0 Å². The highest BCUT2D eigenvalue weighted by Crippen LogP contribution is 2.19. The lowest BCUT2D eigenvalue weighted by Crippen LogP contribution is -2.41. The molecule has 1 aromatic rings.